The molecule has 0 spiro atoms. The van der Waals surface area contributed by atoms with Gasteiger partial charge in [0, 0.05) is 17.6 Å². The molecule has 136 valence electrons. The number of carbonyl (C=O) groups excluding carboxylic acids is 2. The second-order valence-corrected chi connectivity index (χ2v) is 5.71. The summed E-state index contributed by atoms with van der Waals surface area (Å²) < 4.78 is 46.0. The van der Waals surface area contributed by atoms with E-state index in [4.69, 9.17) is 9.47 Å². The standard InChI is InChI=1S/C17H23F3O4/c1-11-12(9-7-5-4-6-8-10-17(18,19)20)14(22)16(24-3)15(23-2)13(11)21/h4-10H2,1-3H3. The first-order valence-electron chi connectivity index (χ1n) is 7.91. The van der Waals surface area contributed by atoms with E-state index in [1.165, 1.54) is 14.2 Å². The molecule has 1 aliphatic rings. The molecule has 0 fully saturated rings. The zero-order valence-electron chi connectivity index (χ0n) is 14.2. The van der Waals surface area contributed by atoms with Gasteiger partial charge in [0.2, 0.25) is 23.1 Å². The quantitative estimate of drug-likeness (QED) is 0.462. The summed E-state index contributed by atoms with van der Waals surface area (Å²) in [4.78, 5) is 24.5. The second kappa shape index (κ2) is 8.89. The van der Waals surface area contributed by atoms with E-state index in [0.29, 0.717) is 43.3 Å². The number of unbranched alkanes of at least 4 members (excludes halogenated alkanes) is 4. The molecule has 0 aliphatic heterocycles. The van der Waals surface area contributed by atoms with Crippen LogP contribution in [0.25, 0.3) is 0 Å². The van der Waals surface area contributed by atoms with Gasteiger partial charge in [0.1, 0.15) is 0 Å². The van der Waals surface area contributed by atoms with Gasteiger partial charge in [-0.05, 0) is 26.2 Å². The smallest absolute Gasteiger partial charge is 0.389 e. The van der Waals surface area contributed by atoms with Crippen LogP contribution in [-0.4, -0.2) is 32.0 Å². The van der Waals surface area contributed by atoms with Gasteiger partial charge >= 0.3 is 6.18 Å². The Morgan fingerprint density at radius 3 is 1.88 bits per heavy atom. The van der Waals surface area contributed by atoms with Crippen molar-refractivity contribution in [1.82, 2.24) is 0 Å². The first-order valence-corrected chi connectivity index (χ1v) is 7.91. The van der Waals surface area contributed by atoms with Crippen molar-refractivity contribution in [3.05, 3.63) is 22.7 Å². The highest BCUT2D eigenvalue weighted by molar-refractivity contribution is 6.23. The van der Waals surface area contributed by atoms with Gasteiger partial charge in [-0.25, -0.2) is 0 Å². The first kappa shape index (κ1) is 20.3. The predicted molar refractivity (Wildman–Crippen MR) is 82.1 cm³/mol. The van der Waals surface area contributed by atoms with E-state index in [9.17, 15) is 22.8 Å². The maximum atomic E-state index is 12.4. The third-order valence-electron chi connectivity index (χ3n) is 3.98. The number of carbonyl (C=O) groups is 2. The summed E-state index contributed by atoms with van der Waals surface area (Å²) in [5.74, 6) is -0.901. The zero-order valence-corrected chi connectivity index (χ0v) is 14.2. The largest absolute Gasteiger partial charge is 0.489 e. The number of ketones is 2. The van der Waals surface area contributed by atoms with E-state index in [0.717, 1.165) is 0 Å². The molecule has 0 N–H and O–H groups in total. The fourth-order valence-electron chi connectivity index (χ4n) is 2.65. The zero-order chi connectivity index (χ0) is 18.3. The van der Waals surface area contributed by atoms with Crippen molar-refractivity contribution in [2.75, 3.05) is 14.2 Å². The van der Waals surface area contributed by atoms with Crippen LogP contribution in [0.3, 0.4) is 0 Å². The fourth-order valence-corrected chi connectivity index (χ4v) is 2.65. The Labute approximate surface area is 139 Å². The second-order valence-electron chi connectivity index (χ2n) is 5.71. The highest BCUT2D eigenvalue weighted by Crippen LogP contribution is 2.29. The molecular weight excluding hydrogens is 325 g/mol. The van der Waals surface area contributed by atoms with Crippen LogP contribution >= 0.6 is 0 Å². The number of hydrogen-bond acceptors (Lipinski definition) is 4. The molecule has 0 aromatic rings. The van der Waals surface area contributed by atoms with Gasteiger partial charge in [-0.3, -0.25) is 9.59 Å². The van der Waals surface area contributed by atoms with Crippen LogP contribution in [0.5, 0.6) is 0 Å². The van der Waals surface area contributed by atoms with Crippen LogP contribution in [0, 0.1) is 0 Å². The third kappa shape index (κ3) is 5.39. The SMILES string of the molecule is COC1=C(OC)C(=O)C(CCCCCCCC(F)(F)F)=C(C)C1=O. The summed E-state index contributed by atoms with van der Waals surface area (Å²) in [6.45, 7) is 1.57. The summed E-state index contributed by atoms with van der Waals surface area (Å²) in [6, 6.07) is 0. The van der Waals surface area contributed by atoms with E-state index in [2.05, 4.69) is 0 Å². The minimum atomic E-state index is -4.10. The van der Waals surface area contributed by atoms with Gasteiger partial charge < -0.3 is 9.47 Å². The van der Waals surface area contributed by atoms with E-state index >= 15 is 0 Å². The van der Waals surface area contributed by atoms with Crippen LogP contribution in [0.4, 0.5) is 13.2 Å². The Morgan fingerprint density at radius 1 is 0.833 bits per heavy atom. The van der Waals surface area contributed by atoms with Gasteiger partial charge in [-0.15, -0.1) is 0 Å². The lowest BCUT2D eigenvalue weighted by Crippen LogP contribution is -2.25. The molecule has 0 radical (unpaired) electrons. The van der Waals surface area contributed by atoms with E-state index in [1.807, 2.05) is 0 Å². The highest BCUT2D eigenvalue weighted by atomic mass is 19.4. The maximum Gasteiger partial charge on any atom is 0.389 e. The van der Waals surface area contributed by atoms with Crippen molar-refractivity contribution in [2.45, 2.75) is 58.0 Å². The lowest BCUT2D eigenvalue weighted by atomic mass is 9.89. The molecule has 0 saturated carbocycles. The van der Waals surface area contributed by atoms with E-state index in [-0.39, 0.29) is 29.5 Å². The average molecular weight is 348 g/mol. The number of rotatable bonds is 9. The van der Waals surface area contributed by atoms with E-state index < -0.39 is 12.6 Å². The van der Waals surface area contributed by atoms with Gasteiger partial charge in [0.05, 0.1) is 14.2 Å². The Kier molecular flexibility index (Phi) is 7.51. The van der Waals surface area contributed by atoms with Crippen LogP contribution < -0.4 is 0 Å². The van der Waals surface area contributed by atoms with Gasteiger partial charge in [-0.1, -0.05) is 19.3 Å². The van der Waals surface area contributed by atoms with Crippen molar-refractivity contribution in [2.24, 2.45) is 0 Å². The van der Waals surface area contributed by atoms with Crippen molar-refractivity contribution in [1.29, 1.82) is 0 Å². The lowest BCUT2D eigenvalue weighted by Gasteiger charge is -2.20. The van der Waals surface area contributed by atoms with Crippen molar-refractivity contribution in [3.63, 3.8) is 0 Å². The number of methoxy groups -OCH3 is 2. The summed E-state index contributed by atoms with van der Waals surface area (Å²) in [5, 5.41) is 0. The first-order chi connectivity index (χ1) is 11.2. The number of halogens is 3. The predicted octanol–water partition coefficient (Wildman–Crippen LogP) is 4.25. The average Bonchev–Trinajstić information content (AvgIpc) is 2.51. The lowest BCUT2D eigenvalue weighted by molar-refractivity contribution is -0.135. The van der Waals surface area contributed by atoms with E-state index in [1.54, 1.807) is 6.92 Å². The van der Waals surface area contributed by atoms with Crippen LogP contribution in [0.2, 0.25) is 0 Å². The molecule has 1 rings (SSSR count). The van der Waals surface area contributed by atoms with Crippen molar-refractivity contribution in [3.8, 4) is 0 Å². The molecule has 0 saturated heterocycles. The monoisotopic (exact) mass is 348 g/mol. The molecule has 0 unspecified atom stereocenters. The number of Topliss-reactive ketones (excluding diaryl/α,β-unsaturated/α-hetero) is 2. The summed E-state index contributed by atoms with van der Waals surface area (Å²) in [6.07, 6.45) is -1.82. The molecular formula is C17H23F3O4. The van der Waals surface area contributed by atoms with Crippen LogP contribution in [0.1, 0.15) is 51.9 Å². The Hall–Kier alpha value is -1.79. The molecule has 0 aromatic heterocycles. The Morgan fingerprint density at radius 2 is 1.33 bits per heavy atom. The molecule has 24 heavy (non-hydrogen) atoms. The molecule has 1 aliphatic carbocycles. The summed E-state index contributed by atoms with van der Waals surface area (Å²) in [5.41, 5.74) is 0.739. The van der Waals surface area contributed by atoms with Crippen LogP contribution in [-0.2, 0) is 19.1 Å². The number of ether oxygens (including phenoxy) is 2. The van der Waals surface area contributed by atoms with Crippen molar-refractivity contribution >= 4 is 11.6 Å². The number of alkyl halides is 3. The number of hydrogen-bond donors (Lipinski definition) is 0. The Bertz CT molecular complexity index is 545. The topological polar surface area (TPSA) is 52.6 Å². The summed E-state index contributed by atoms with van der Waals surface area (Å²) in [7, 11) is 2.61. The fraction of sp³-hybridized carbons (Fsp3) is 0.647. The van der Waals surface area contributed by atoms with Gasteiger partial charge in [0.15, 0.2) is 0 Å². The molecule has 0 amide bonds. The van der Waals surface area contributed by atoms with Crippen molar-refractivity contribution < 1.29 is 32.2 Å². The van der Waals surface area contributed by atoms with Gasteiger partial charge in [-0.2, -0.15) is 13.2 Å². The molecule has 4 nitrogen and oxygen atoms in total. The summed E-state index contributed by atoms with van der Waals surface area (Å²) >= 11 is 0. The number of allylic oxidation sites excluding steroid dienone is 2. The Balaban J connectivity index is 2.49. The molecule has 0 atom stereocenters. The maximum absolute atomic E-state index is 12.4. The minimum absolute atomic E-state index is 0.0871. The highest BCUT2D eigenvalue weighted by Gasteiger charge is 2.34. The van der Waals surface area contributed by atoms with Gasteiger partial charge in [0.25, 0.3) is 0 Å². The molecule has 0 bridgehead atoms. The molecule has 0 heterocycles. The normalized spacial score (nSPS) is 16.1. The van der Waals surface area contributed by atoms with Crippen LogP contribution in [0.15, 0.2) is 22.7 Å². The third-order valence-corrected chi connectivity index (χ3v) is 3.98. The molecule has 7 heteroatoms. The molecule has 0 aromatic carbocycles. The minimum Gasteiger partial charge on any atom is -0.489 e.